The molecule has 0 unspecified atom stereocenters. The third-order valence-electron chi connectivity index (χ3n) is 5.45. The van der Waals surface area contributed by atoms with E-state index in [1.807, 2.05) is 17.9 Å². The molecule has 3 nitrogen and oxygen atoms in total. The van der Waals surface area contributed by atoms with Crippen LogP contribution in [0, 0.1) is 5.41 Å². The highest BCUT2D eigenvalue weighted by atomic mass is 15.3. The molecule has 106 valence electrons. The first-order valence-corrected chi connectivity index (χ1v) is 7.98. The predicted octanol–water partition coefficient (Wildman–Crippen LogP) is 3.06. The summed E-state index contributed by atoms with van der Waals surface area (Å²) in [7, 11) is 2.03. The lowest BCUT2D eigenvalue weighted by molar-refractivity contribution is 0.169. The van der Waals surface area contributed by atoms with Crippen molar-refractivity contribution in [3.05, 3.63) is 18.0 Å². The summed E-state index contributed by atoms with van der Waals surface area (Å²) >= 11 is 0. The third-order valence-corrected chi connectivity index (χ3v) is 5.45. The summed E-state index contributed by atoms with van der Waals surface area (Å²) < 4.78 is 1.98. The lowest BCUT2D eigenvalue weighted by Gasteiger charge is -2.37. The molecule has 1 heterocycles. The second-order valence-electron chi connectivity index (χ2n) is 6.63. The minimum absolute atomic E-state index is 0.763. The first-order valence-electron chi connectivity index (χ1n) is 7.98. The Bertz CT molecular complexity index is 394. The van der Waals surface area contributed by atoms with Crippen molar-refractivity contribution in [2.45, 2.75) is 63.8 Å². The van der Waals surface area contributed by atoms with Gasteiger partial charge in [0.2, 0.25) is 0 Å². The second kappa shape index (κ2) is 5.66. The molecule has 2 saturated carbocycles. The number of aryl methyl sites for hydroxylation is 1. The quantitative estimate of drug-likeness (QED) is 0.903. The summed E-state index contributed by atoms with van der Waals surface area (Å²) in [5.74, 6) is 0. The van der Waals surface area contributed by atoms with Crippen LogP contribution in [0.5, 0.6) is 0 Å². The van der Waals surface area contributed by atoms with Crippen LogP contribution in [-0.4, -0.2) is 22.4 Å². The zero-order valence-corrected chi connectivity index (χ0v) is 12.2. The Kier molecular flexibility index (Phi) is 3.92. The van der Waals surface area contributed by atoms with Gasteiger partial charge in [-0.05, 0) is 50.0 Å². The zero-order chi connectivity index (χ0) is 13.1. The van der Waals surface area contributed by atoms with Crippen molar-refractivity contribution in [1.29, 1.82) is 0 Å². The van der Waals surface area contributed by atoms with E-state index in [2.05, 4.69) is 16.5 Å². The van der Waals surface area contributed by atoms with Crippen LogP contribution >= 0.6 is 0 Å². The van der Waals surface area contributed by atoms with Crippen LogP contribution in [0.1, 0.15) is 57.1 Å². The summed E-state index contributed by atoms with van der Waals surface area (Å²) in [6, 6.07) is 2.88. The molecule has 1 aromatic heterocycles. The van der Waals surface area contributed by atoms with E-state index >= 15 is 0 Å². The summed E-state index contributed by atoms with van der Waals surface area (Å²) in [6.45, 7) is 1.09. The fourth-order valence-corrected chi connectivity index (χ4v) is 4.11. The van der Waals surface area contributed by atoms with Gasteiger partial charge in [0.25, 0.3) is 0 Å². The van der Waals surface area contributed by atoms with E-state index in [1.54, 1.807) is 0 Å². The average molecular weight is 261 g/mol. The van der Waals surface area contributed by atoms with Gasteiger partial charge in [-0.15, -0.1) is 0 Å². The third kappa shape index (κ3) is 3.02. The van der Waals surface area contributed by atoms with Crippen LogP contribution < -0.4 is 5.32 Å². The van der Waals surface area contributed by atoms with Crippen LogP contribution in [0.4, 0.5) is 0 Å². The second-order valence-corrected chi connectivity index (χ2v) is 6.63. The SMILES string of the molecule is Cn1nccc1CCNC1CCC2(CCCC2)CC1. The van der Waals surface area contributed by atoms with Crippen molar-refractivity contribution in [2.75, 3.05) is 6.54 Å². The average Bonchev–Trinajstić information content (AvgIpc) is 3.03. The van der Waals surface area contributed by atoms with Crippen LogP contribution in [-0.2, 0) is 13.5 Å². The highest BCUT2D eigenvalue weighted by Crippen LogP contribution is 2.48. The maximum Gasteiger partial charge on any atom is 0.0492 e. The van der Waals surface area contributed by atoms with Crippen LogP contribution in [0.25, 0.3) is 0 Å². The summed E-state index contributed by atoms with van der Waals surface area (Å²) in [5, 5.41) is 7.97. The molecule has 2 fully saturated rings. The number of nitrogens with zero attached hydrogens (tertiary/aromatic N) is 2. The summed E-state index contributed by atoms with van der Waals surface area (Å²) in [4.78, 5) is 0. The molecule has 1 spiro atoms. The molecule has 0 amide bonds. The number of nitrogens with one attached hydrogen (secondary N) is 1. The lowest BCUT2D eigenvalue weighted by atomic mass is 9.71. The first-order chi connectivity index (χ1) is 9.27. The van der Waals surface area contributed by atoms with E-state index in [0.717, 1.165) is 24.4 Å². The molecule has 2 aliphatic rings. The van der Waals surface area contributed by atoms with Crippen molar-refractivity contribution in [2.24, 2.45) is 12.5 Å². The highest BCUT2D eigenvalue weighted by molar-refractivity contribution is 5.00. The van der Waals surface area contributed by atoms with Gasteiger partial charge in [0.05, 0.1) is 0 Å². The molecule has 1 N–H and O–H groups in total. The van der Waals surface area contributed by atoms with Crippen molar-refractivity contribution in [1.82, 2.24) is 15.1 Å². The van der Waals surface area contributed by atoms with Crippen molar-refractivity contribution >= 4 is 0 Å². The van der Waals surface area contributed by atoms with Crippen LogP contribution in [0.2, 0.25) is 0 Å². The molecule has 1 aromatic rings. The summed E-state index contributed by atoms with van der Waals surface area (Å²) in [5.41, 5.74) is 2.09. The minimum Gasteiger partial charge on any atom is -0.314 e. The fourth-order valence-electron chi connectivity index (χ4n) is 4.11. The maximum atomic E-state index is 4.22. The molecule has 3 heteroatoms. The van der Waals surface area contributed by atoms with Gasteiger partial charge in [-0.3, -0.25) is 4.68 Å². The molecule has 0 atom stereocenters. The van der Waals surface area contributed by atoms with E-state index < -0.39 is 0 Å². The Morgan fingerprint density at radius 2 is 2.00 bits per heavy atom. The van der Waals surface area contributed by atoms with Crippen molar-refractivity contribution < 1.29 is 0 Å². The Balaban J connectivity index is 1.39. The first kappa shape index (κ1) is 13.2. The number of hydrogen-bond acceptors (Lipinski definition) is 2. The normalized spacial score (nSPS) is 23.2. The molecule has 3 rings (SSSR count). The van der Waals surface area contributed by atoms with Crippen LogP contribution in [0.15, 0.2) is 12.3 Å². The topological polar surface area (TPSA) is 29.9 Å². The largest absolute Gasteiger partial charge is 0.314 e. The van der Waals surface area contributed by atoms with Crippen LogP contribution in [0.3, 0.4) is 0 Å². The number of hydrogen-bond donors (Lipinski definition) is 1. The zero-order valence-electron chi connectivity index (χ0n) is 12.2. The summed E-state index contributed by atoms with van der Waals surface area (Å²) in [6.07, 6.45) is 14.7. The van der Waals surface area contributed by atoms with Crippen molar-refractivity contribution in [3.63, 3.8) is 0 Å². The minimum atomic E-state index is 0.763. The van der Waals surface area contributed by atoms with E-state index in [1.165, 1.54) is 57.1 Å². The van der Waals surface area contributed by atoms with Gasteiger partial charge in [-0.25, -0.2) is 0 Å². The molecule has 0 aliphatic heterocycles. The van der Waals surface area contributed by atoms with Gasteiger partial charge < -0.3 is 5.32 Å². The molecular formula is C16H27N3. The number of aromatic nitrogens is 2. The molecule has 0 radical (unpaired) electrons. The standard InChI is InChI=1S/C16H27N3/c1-19-15(7-13-18-19)6-12-17-14-4-10-16(11-5-14)8-2-3-9-16/h7,13-14,17H,2-6,8-12H2,1H3. The maximum absolute atomic E-state index is 4.22. The molecule has 0 bridgehead atoms. The Hall–Kier alpha value is -0.830. The van der Waals surface area contributed by atoms with Gasteiger partial charge in [0, 0.05) is 37.9 Å². The van der Waals surface area contributed by atoms with E-state index in [0.29, 0.717) is 0 Å². The van der Waals surface area contributed by atoms with E-state index in [9.17, 15) is 0 Å². The molecule has 0 saturated heterocycles. The lowest BCUT2D eigenvalue weighted by Crippen LogP contribution is -2.37. The smallest absolute Gasteiger partial charge is 0.0492 e. The Morgan fingerprint density at radius 1 is 1.26 bits per heavy atom. The van der Waals surface area contributed by atoms with Gasteiger partial charge >= 0.3 is 0 Å². The fraction of sp³-hybridized carbons (Fsp3) is 0.812. The van der Waals surface area contributed by atoms with Gasteiger partial charge in [0.1, 0.15) is 0 Å². The van der Waals surface area contributed by atoms with E-state index in [4.69, 9.17) is 0 Å². The van der Waals surface area contributed by atoms with E-state index in [-0.39, 0.29) is 0 Å². The Morgan fingerprint density at radius 3 is 2.63 bits per heavy atom. The van der Waals surface area contributed by atoms with Gasteiger partial charge in [-0.2, -0.15) is 5.10 Å². The predicted molar refractivity (Wildman–Crippen MR) is 78.1 cm³/mol. The highest BCUT2D eigenvalue weighted by Gasteiger charge is 2.37. The van der Waals surface area contributed by atoms with Crippen molar-refractivity contribution in [3.8, 4) is 0 Å². The van der Waals surface area contributed by atoms with Gasteiger partial charge in [0.15, 0.2) is 0 Å². The van der Waals surface area contributed by atoms with Gasteiger partial charge in [-0.1, -0.05) is 12.8 Å². The molecule has 2 aliphatic carbocycles. The molecule has 19 heavy (non-hydrogen) atoms. The Labute approximate surface area is 116 Å². The monoisotopic (exact) mass is 261 g/mol. The number of rotatable bonds is 4. The molecule has 0 aromatic carbocycles. The molecular weight excluding hydrogens is 234 g/mol.